The maximum Gasteiger partial charge on any atom is 0.275 e. The molecule has 7 nitrogen and oxygen atoms in total. The van der Waals surface area contributed by atoms with Crippen molar-refractivity contribution in [2.45, 2.75) is 0 Å². The minimum atomic E-state index is -0.367. The number of rotatable bonds is 3. The molecule has 1 aliphatic heterocycles. The second-order valence-electron chi connectivity index (χ2n) is 5.11. The summed E-state index contributed by atoms with van der Waals surface area (Å²) in [4.78, 5) is 23.1. The third-order valence-corrected chi connectivity index (χ3v) is 4.07. The molecule has 0 bridgehead atoms. The third-order valence-electron chi connectivity index (χ3n) is 3.49. The monoisotopic (exact) mass is 387 g/mol. The molecular weight excluding hydrogens is 374 g/mol. The number of nitriles is 1. The van der Waals surface area contributed by atoms with Gasteiger partial charge in [-0.3, -0.25) is 4.79 Å². The molecule has 1 aliphatic rings. The lowest BCUT2D eigenvalue weighted by atomic mass is 10.2. The normalized spacial score (nSPS) is 14.1. The van der Waals surface area contributed by atoms with E-state index >= 15 is 0 Å². The van der Waals surface area contributed by atoms with Crippen LogP contribution in [-0.4, -0.2) is 42.2 Å². The first-order valence-electron chi connectivity index (χ1n) is 7.34. The number of carbonyl (C=O) groups is 1. The maximum atomic E-state index is 12.5. The van der Waals surface area contributed by atoms with Crippen molar-refractivity contribution < 1.29 is 9.53 Å². The molecule has 2 heterocycles. The van der Waals surface area contributed by atoms with Crippen LogP contribution in [0.25, 0.3) is 0 Å². The molecule has 0 atom stereocenters. The van der Waals surface area contributed by atoms with Crippen LogP contribution in [0.15, 0.2) is 34.9 Å². The highest BCUT2D eigenvalue weighted by Crippen LogP contribution is 2.20. The van der Waals surface area contributed by atoms with Gasteiger partial charge in [-0.15, -0.1) is 0 Å². The Bertz CT molecular complexity index is 799. The van der Waals surface area contributed by atoms with Gasteiger partial charge in [-0.05, 0) is 34.1 Å². The predicted octanol–water partition coefficient (Wildman–Crippen LogP) is 2.20. The molecule has 8 heteroatoms. The molecule has 0 radical (unpaired) electrons. The average Bonchev–Trinajstić information content (AvgIpc) is 2.63. The van der Waals surface area contributed by atoms with Gasteiger partial charge in [-0.25, -0.2) is 9.97 Å². The second-order valence-corrected chi connectivity index (χ2v) is 5.97. The molecule has 1 aromatic heterocycles. The minimum absolute atomic E-state index is 0.244. The number of carbonyl (C=O) groups excluding carboxylic acids is 1. The van der Waals surface area contributed by atoms with E-state index in [-0.39, 0.29) is 11.6 Å². The molecule has 122 valence electrons. The molecule has 0 saturated carbocycles. The molecule has 1 aromatic carbocycles. The summed E-state index contributed by atoms with van der Waals surface area (Å²) in [6.45, 7) is 2.60. The Morgan fingerprint density at radius 3 is 2.92 bits per heavy atom. The van der Waals surface area contributed by atoms with E-state index in [1.165, 1.54) is 0 Å². The molecule has 24 heavy (non-hydrogen) atoms. The van der Waals surface area contributed by atoms with Crippen LogP contribution in [0.4, 0.5) is 11.6 Å². The summed E-state index contributed by atoms with van der Waals surface area (Å²) in [6.07, 6.45) is 1.57. The fourth-order valence-corrected chi connectivity index (χ4v) is 2.66. The summed E-state index contributed by atoms with van der Waals surface area (Å²) in [5.74, 6) is 0.131. The van der Waals surface area contributed by atoms with Crippen molar-refractivity contribution in [3.05, 3.63) is 46.2 Å². The number of nitrogens with zero attached hydrogens (tertiary/aromatic N) is 4. The quantitative estimate of drug-likeness (QED) is 0.867. The van der Waals surface area contributed by atoms with Crippen LogP contribution in [0.2, 0.25) is 0 Å². The summed E-state index contributed by atoms with van der Waals surface area (Å²) in [5.41, 5.74) is 1.26. The van der Waals surface area contributed by atoms with E-state index < -0.39 is 0 Å². The number of ether oxygens (including phenoxy) is 1. The SMILES string of the molecule is N#Cc1cccc(NC(=O)c2nc(N3CCOCC3)ncc2Br)c1. The van der Waals surface area contributed by atoms with Gasteiger partial charge in [0.25, 0.3) is 5.91 Å². The Morgan fingerprint density at radius 1 is 1.38 bits per heavy atom. The largest absolute Gasteiger partial charge is 0.378 e. The van der Waals surface area contributed by atoms with Gasteiger partial charge in [0.2, 0.25) is 5.95 Å². The Hall–Kier alpha value is -2.50. The highest BCUT2D eigenvalue weighted by molar-refractivity contribution is 9.10. The lowest BCUT2D eigenvalue weighted by molar-refractivity contribution is 0.102. The van der Waals surface area contributed by atoms with E-state index in [2.05, 4.69) is 31.2 Å². The number of nitrogens with one attached hydrogen (secondary N) is 1. The predicted molar refractivity (Wildman–Crippen MR) is 91.9 cm³/mol. The smallest absolute Gasteiger partial charge is 0.275 e. The van der Waals surface area contributed by atoms with Crippen molar-refractivity contribution in [2.75, 3.05) is 36.5 Å². The molecule has 0 aliphatic carbocycles. The zero-order chi connectivity index (χ0) is 16.9. The summed E-state index contributed by atoms with van der Waals surface area (Å²) in [7, 11) is 0. The highest BCUT2D eigenvalue weighted by Gasteiger charge is 2.19. The van der Waals surface area contributed by atoms with Gasteiger partial charge < -0.3 is 15.0 Å². The summed E-state index contributed by atoms with van der Waals surface area (Å²) in [6, 6.07) is 8.75. The molecule has 1 fully saturated rings. The van der Waals surface area contributed by atoms with Crippen molar-refractivity contribution in [1.82, 2.24) is 9.97 Å². The van der Waals surface area contributed by atoms with Crippen LogP contribution in [0.3, 0.4) is 0 Å². The van der Waals surface area contributed by atoms with Crippen LogP contribution >= 0.6 is 15.9 Å². The first-order valence-corrected chi connectivity index (χ1v) is 8.13. The highest BCUT2D eigenvalue weighted by atomic mass is 79.9. The zero-order valence-electron chi connectivity index (χ0n) is 12.7. The standard InChI is InChI=1S/C16H14BrN5O2/c17-13-10-19-16(22-4-6-24-7-5-22)21-14(13)15(23)20-12-3-1-2-11(8-12)9-18/h1-3,8,10H,4-7H2,(H,20,23). The van der Waals surface area contributed by atoms with E-state index in [0.29, 0.717) is 48.0 Å². The number of halogens is 1. The van der Waals surface area contributed by atoms with Crippen LogP contribution in [0.1, 0.15) is 16.1 Å². The average molecular weight is 388 g/mol. The van der Waals surface area contributed by atoms with Crippen molar-refractivity contribution in [3.63, 3.8) is 0 Å². The number of amides is 1. The Morgan fingerprint density at radius 2 is 2.17 bits per heavy atom. The topological polar surface area (TPSA) is 91.1 Å². The molecule has 2 aromatic rings. The Balaban J connectivity index is 1.82. The van der Waals surface area contributed by atoms with Crippen LogP contribution in [-0.2, 0) is 4.74 Å². The number of morpholine rings is 1. The Labute approximate surface area is 147 Å². The Kier molecular flexibility index (Phi) is 5.03. The molecule has 1 N–H and O–H groups in total. The molecular formula is C16H14BrN5O2. The van der Waals surface area contributed by atoms with E-state index in [1.807, 2.05) is 11.0 Å². The first kappa shape index (κ1) is 16.4. The number of hydrogen-bond acceptors (Lipinski definition) is 6. The van der Waals surface area contributed by atoms with Crippen molar-refractivity contribution in [3.8, 4) is 6.07 Å². The molecule has 1 saturated heterocycles. The van der Waals surface area contributed by atoms with Gasteiger partial charge in [0.05, 0.1) is 29.3 Å². The fourth-order valence-electron chi connectivity index (χ4n) is 2.29. The number of hydrogen-bond donors (Lipinski definition) is 1. The number of aromatic nitrogens is 2. The van der Waals surface area contributed by atoms with E-state index in [4.69, 9.17) is 10.00 Å². The van der Waals surface area contributed by atoms with E-state index in [0.717, 1.165) is 0 Å². The summed E-state index contributed by atoms with van der Waals surface area (Å²) in [5, 5.41) is 11.7. The molecule has 0 spiro atoms. The van der Waals surface area contributed by atoms with E-state index in [9.17, 15) is 4.79 Å². The van der Waals surface area contributed by atoms with Crippen LogP contribution in [0, 0.1) is 11.3 Å². The minimum Gasteiger partial charge on any atom is -0.378 e. The molecule has 1 amide bonds. The zero-order valence-corrected chi connectivity index (χ0v) is 14.3. The number of benzene rings is 1. The van der Waals surface area contributed by atoms with Crippen LogP contribution < -0.4 is 10.2 Å². The molecule has 0 unspecified atom stereocenters. The van der Waals surface area contributed by atoms with Crippen molar-refractivity contribution in [2.24, 2.45) is 0 Å². The summed E-state index contributed by atoms with van der Waals surface area (Å²) >= 11 is 3.32. The van der Waals surface area contributed by atoms with Crippen molar-refractivity contribution in [1.29, 1.82) is 5.26 Å². The lowest BCUT2D eigenvalue weighted by Gasteiger charge is -2.26. The van der Waals surface area contributed by atoms with Crippen molar-refractivity contribution >= 4 is 33.5 Å². The second kappa shape index (κ2) is 7.38. The van der Waals surface area contributed by atoms with E-state index in [1.54, 1.807) is 30.5 Å². The van der Waals surface area contributed by atoms with Gasteiger partial charge >= 0.3 is 0 Å². The van der Waals surface area contributed by atoms with Gasteiger partial charge in [-0.1, -0.05) is 6.07 Å². The van der Waals surface area contributed by atoms with Gasteiger partial charge in [0.1, 0.15) is 5.69 Å². The number of anilines is 2. The van der Waals surface area contributed by atoms with Gasteiger partial charge in [0.15, 0.2) is 0 Å². The fraction of sp³-hybridized carbons (Fsp3) is 0.250. The first-order chi connectivity index (χ1) is 11.7. The molecule has 3 rings (SSSR count). The van der Waals surface area contributed by atoms with Crippen LogP contribution in [0.5, 0.6) is 0 Å². The van der Waals surface area contributed by atoms with Gasteiger partial charge in [-0.2, -0.15) is 5.26 Å². The summed E-state index contributed by atoms with van der Waals surface area (Å²) < 4.78 is 5.82. The maximum absolute atomic E-state index is 12.5. The van der Waals surface area contributed by atoms with Gasteiger partial charge in [0, 0.05) is 25.0 Å². The lowest BCUT2D eigenvalue weighted by Crippen LogP contribution is -2.37. The third kappa shape index (κ3) is 3.69.